The standard InChI is InChI=1S/C14H22Cl2N4/c1-18(2)3-4-19-5-7-20(8-6-19)14-13(16)9-12(10-15)11-17-14/h9,11H,3-8,10H2,1-2H3. The Bertz CT molecular complexity index is 431. The Morgan fingerprint density at radius 1 is 1.25 bits per heavy atom. The fourth-order valence-electron chi connectivity index (χ4n) is 2.30. The van der Waals surface area contributed by atoms with E-state index in [9.17, 15) is 0 Å². The second-order valence-corrected chi connectivity index (χ2v) is 6.09. The van der Waals surface area contributed by atoms with Crippen molar-refractivity contribution in [2.45, 2.75) is 5.88 Å². The molecule has 1 fully saturated rings. The number of nitrogens with zero attached hydrogens (tertiary/aromatic N) is 4. The average molecular weight is 317 g/mol. The van der Waals surface area contributed by atoms with Crippen LogP contribution in [-0.4, -0.2) is 68.1 Å². The maximum atomic E-state index is 6.30. The van der Waals surface area contributed by atoms with Crippen LogP contribution in [0.1, 0.15) is 5.56 Å². The molecule has 0 amide bonds. The smallest absolute Gasteiger partial charge is 0.147 e. The normalized spacial score (nSPS) is 16.9. The van der Waals surface area contributed by atoms with E-state index in [2.05, 4.69) is 33.8 Å². The van der Waals surface area contributed by atoms with E-state index in [1.807, 2.05) is 12.3 Å². The number of halogens is 2. The summed E-state index contributed by atoms with van der Waals surface area (Å²) in [6, 6.07) is 1.91. The summed E-state index contributed by atoms with van der Waals surface area (Å²) in [7, 11) is 4.22. The van der Waals surface area contributed by atoms with Crippen LogP contribution in [0, 0.1) is 0 Å². The van der Waals surface area contributed by atoms with Crippen molar-refractivity contribution in [2.75, 3.05) is 58.3 Å². The lowest BCUT2D eigenvalue weighted by Crippen LogP contribution is -2.48. The molecule has 2 rings (SSSR count). The molecule has 0 aliphatic carbocycles. The van der Waals surface area contributed by atoms with Crippen molar-refractivity contribution in [3.05, 3.63) is 22.8 Å². The molecule has 0 atom stereocenters. The first-order valence-electron chi connectivity index (χ1n) is 6.92. The van der Waals surface area contributed by atoms with Crippen LogP contribution in [0.25, 0.3) is 0 Å². The lowest BCUT2D eigenvalue weighted by atomic mass is 10.2. The third kappa shape index (κ3) is 4.22. The number of piperazine rings is 1. The lowest BCUT2D eigenvalue weighted by Gasteiger charge is -2.36. The zero-order valence-corrected chi connectivity index (χ0v) is 13.7. The number of alkyl halides is 1. The van der Waals surface area contributed by atoms with Crippen LogP contribution in [0.4, 0.5) is 5.82 Å². The Morgan fingerprint density at radius 3 is 2.50 bits per heavy atom. The molecule has 20 heavy (non-hydrogen) atoms. The van der Waals surface area contributed by atoms with Gasteiger partial charge in [-0.15, -0.1) is 11.6 Å². The molecule has 0 saturated carbocycles. The molecule has 0 aromatic carbocycles. The highest BCUT2D eigenvalue weighted by molar-refractivity contribution is 6.33. The van der Waals surface area contributed by atoms with Crippen LogP contribution in [0.15, 0.2) is 12.3 Å². The molecule has 1 aliphatic rings. The van der Waals surface area contributed by atoms with Crippen molar-refractivity contribution in [1.82, 2.24) is 14.8 Å². The van der Waals surface area contributed by atoms with Crippen molar-refractivity contribution in [3.63, 3.8) is 0 Å². The summed E-state index contributed by atoms with van der Waals surface area (Å²) in [6.45, 7) is 6.28. The van der Waals surface area contributed by atoms with Gasteiger partial charge in [0.25, 0.3) is 0 Å². The van der Waals surface area contributed by atoms with Crippen molar-refractivity contribution in [2.24, 2.45) is 0 Å². The van der Waals surface area contributed by atoms with Gasteiger partial charge in [0.15, 0.2) is 0 Å². The molecular formula is C14H22Cl2N4. The zero-order valence-electron chi connectivity index (χ0n) is 12.1. The minimum Gasteiger partial charge on any atom is -0.353 e. The summed E-state index contributed by atoms with van der Waals surface area (Å²) in [6.07, 6.45) is 1.81. The monoisotopic (exact) mass is 316 g/mol. The molecule has 112 valence electrons. The van der Waals surface area contributed by atoms with E-state index < -0.39 is 0 Å². The highest BCUT2D eigenvalue weighted by Crippen LogP contribution is 2.25. The van der Waals surface area contributed by atoms with Gasteiger partial charge in [0.1, 0.15) is 5.82 Å². The van der Waals surface area contributed by atoms with Gasteiger partial charge in [-0.05, 0) is 25.7 Å². The second-order valence-electron chi connectivity index (χ2n) is 5.41. The van der Waals surface area contributed by atoms with Crippen LogP contribution in [0.2, 0.25) is 5.02 Å². The summed E-state index contributed by atoms with van der Waals surface area (Å²) < 4.78 is 0. The van der Waals surface area contributed by atoms with Crippen molar-refractivity contribution in [1.29, 1.82) is 0 Å². The van der Waals surface area contributed by atoms with Gasteiger partial charge < -0.3 is 9.80 Å². The topological polar surface area (TPSA) is 22.6 Å². The van der Waals surface area contributed by atoms with Gasteiger partial charge >= 0.3 is 0 Å². The van der Waals surface area contributed by atoms with E-state index in [4.69, 9.17) is 23.2 Å². The second kappa shape index (κ2) is 7.46. The minimum atomic E-state index is 0.450. The number of anilines is 1. The molecule has 1 aromatic heterocycles. The number of aromatic nitrogens is 1. The van der Waals surface area contributed by atoms with Crippen LogP contribution in [0.5, 0.6) is 0 Å². The Hall–Kier alpha value is -0.550. The molecule has 0 spiro atoms. The van der Waals surface area contributed by atoms with E-state index in [1.54, 1.807) is 0 Å². The number of likely N-dealkylation sites (N-methyl/N-ethyl adjacent to an activating group) is 1. The SMILES string of the molecule is CN(C)CCN1CCN(c2ncc(CCl)cc2Cl)CC1. The number of hydrogen-bond acceptors (Lipinski definition) is 4. The molecule has 1 aliphatic heterocycles. The summed E-state index contributed by atoms with van der Waals surface area (Å²) in [5, 5.41) is 0.699. The Kier molecular flexibility index (Phi) is 5.90. The van der Waals surface area contributed by atoms with Gasteiger partial charge in [-0.2, -0.15) is 0 Å². The van der Waals surface area contributed by atoms with Gasteiger partial charge in [0.2, 0.25) is 0 Å². The van der Waals surface area contributed by atoms with E-state index in [-0.39, 0.29) is 0 Å². The highest BCUT2D eigenvalue weighted by Gasteiger charge is 2.19. The maximum Gasteiger partial charge on any atom is 0.147 e. The quantitative estimate of drug-likeness (QED) is 0.776. The molecule has 6 heteroatoms. The molecule has 0 bridgehead atoms. The maximum absolute atomic E-state index is 6.30. The molecule has 0 unspecified atom stereocenters. The Labute approximate surface area is 131 Å². The minimum absolute atomic E-state index is 0.450. The fraction of sp³-hybridized carbons (Fsp3) is 0.643. The molecule has 2 heterocycles. The third-order valence-corrected chi connectivity index (χ3v) is 4.15. The molecule has 4 nitrogen and oxygen atoms in total. The van der Waals surface area contributed by atoms with Crippen molar-refractivity contribution < 1.29 is 0 Å². The lowest BCUT2D eigenvalue weighted by molar-refractivity contribution is 0.229. The molecule has 1 saturated heterocycles. The molecule has 0 radical (unpaired) electrons. The van der Waals surface area contributed by atoms with Gasteiger partial charge in [-0.25, -0.2) is 4.98 Å². The molecular weight excluding hydrogens is 295 g/mol. The first-order valence-corrected chi connectivity index (χ1v) is 7.84. The van der Waals surface area contributed by atoms with Crippen LogP contribution in [-0.2, 0) is 5.88 Å². The summed E-state index contributed by atoms with van der Waals surface area (Å²) in [4.78, 5) is 11.4. The number of hydrogen-bond donors (Lipinski definition) is 0. The van der Waals surface area contributed by atoms with Crippen LogP contribution in [0.3, 0.4) is 0 Å². The average Bonchev–Trinajstić information content (AvgIpc) is 2.45. The first kappa shape index (κ1) is 15.8. The Morgan fingerprint density at radius 2 is 1.95 bits per heavy atom. The summed E-state index contributed by atoms with van der Waals surface area (Å²) in [5.74, 6) is 1.33. The largest absolute Gasteiger partial charge is 0.353 e. The fourth-order valence-corrected chi connectivity index (χ4v) is 2.76. The zero-order chi connectivity index (χ0) is 14.5. The van der Waals surface area contributed by atoms with Crippen molar-refractivity contribution in [3.8, 4) is 0 Å². The van der Waals surface area contributed by atoms with Crippen molar-refractivity contribution >= 4 is 29.0 Å². The van der Waals surface area contributed by atoms with Gasteiger partial charge in [-0.3, -0.25) is 4.90 Å². The van der Waals surface area contributed by atoms with E-state index in [0.717, 1.165) is 50.6 Å². The van der Waals surface area contributed by atoms with Gasteiger partial charge in [-0.1, -0.05) is 11.6 Å². The highest BCUT2D eigenvalue weighted by atomic mass is 35.5. The predicted octanol–water partition coefficient (Wildman–Crippen LogP) is 2.16. The summed E-state index contributed by atoms with van der Waals surface area (Å²) in [5.41, 5.74) is 0.963. The summed E-state index contributed by atoms with van der Waals surface area (Å²) >= 11 is 12.1. The Balaban J connectivity index is 1.90. The van der Waals surface area contributed by atoms with Gasteiger partial charge in [0, 0.05) is 51.3 Å². The first-order chi connectivity index (χ1) is 9.60. The number of rotatable bonds is 5. The predicted molar refractivity (Wildman–Crippen MR) is 86.0 cm³/mol. The molecule has 1 aromatic rings. The number of pyridine rings is 1. The van der Waals surface area contributed by atoms with E-state index in [1.165, 1.54) is 0 Å². The van der Waals surface area contributed by atoms with Crippen LogP contribution >= 0.6 is 23.2 Å². The van der Waals surface area contributed by atoms with E-state index in [0.29, 0.717) is 10.9 Å². The molecule has 0 N–H and O–H groups in total. The third-order valence-electron chi connectivity index (χ3n) is 3.57. The van der Waals surface area contributed by atoms with Crippen LogP contribution < -0.4 is 4.90 Å². The van der Waals surface area contributed by atoms with E-state index >= 15 is 0 Å². The van der Waals surface area contributed by atoms with Gasteiger partial charge in [0.05, 0.1) is 5.02 Å².